The Kier molecular flexibility index (Phi) is 5.16. The molecule has 0 aliphatic carbocycles. The third-order valence-corrected chi connectivity index (χ3v) is 3.36. The highest BCUT2D eigenvalue weighted by molar-refractivity contribution is 9.08. The average molecular weight is 270 g/mol. The number of hydrogen-bond donors (Lipinski definition) is 0. The number of anilines is 1. The van der Waals surface area contributed by atoms with Crippen molar-refractivity contribution in [2.75, 3.05) is 18.5 Å². The molecule has 1 aromatic rings. The van der Waals surface area contributed by atoms with E-state index in [-0.39, 0.29) is 0 Å². The molecule has 0 heterocycles. The Hall–Kier alpha value is -0.500. The minimum Gasteiger partial charge on any atom is -0.375 e. The van der Waals surface area contributed by atoms with Gasteiger partial charge in [-0.2, -0.15) is 0 Å². The SMILES string of the molecule is CCCCN(C)c1ccc(CBr)c(C)c1. The molecule has 0 aromatic heterocycles. The first-order valence-electron chi connectivity index (χ1n) is 5.55. The van der Waals surface area contributed by atoms with Gasteiger partial charge < -0.3 is 4.90 Å². The number of halogens is 1. The number of benzene rings is 1. The summed E-state index contributed by atoms with van der Waals surface area (Å²) in [6, 6.07) is 6.69. The zero-order chi connectivity index (χ0) is 11.3. The number of aryl methyl sites for hydroxylation is 1. The van der Waals surface area contributed by atoms with Gasteiger partial charge in [-0.05, 0) is 36.6 Å². The maximum Gasteiger partial charge on any atom is 0.0366 e. The lowest BCUT2D eigenvalue weighted by molar-refractivity contribution is 0.766. The monoisotopic (exact) mass is 269 g/mol. The van der Waals surface area contributed by atoms with E-state index in [1.165, 1.54) is 29.7 Å². The molecule has 0 fully saturated rings. The molecule has 1 nitrogen and oxygen atoms in total. The lowest BCUT2D eigenvalue weighted by Crippen LogP contribution is -2.18. The van der Waals surface area contributed by atoms with E-state index in [1.54, 1.807) is 0 Å². The third kappa shape index (κ3) is 3.53. The maximum atomic E-state index is 3.50. The number of unbranched alkanes of at least 4 members (excludes halogenated alkanes) is 1. The van der Waals surface area contributed by atoms with E-state index in [2.05, 4.69) is 59.9 Å². The number of alkyl halides is 1. The molecule has 1 rings (SSSR count). The fourth-order valence-electron chi connectivity index (χ4n) is 1.59. The van der Waals surface area contributed by atoms with E-state index in [4.69, 9.17) is 0 Å². The molecule has 0 N–H and O–H groups in total. The standard InChI is InChI=1S/C13H20BrN/c1-4-5-8-15(3)13-7-6-12(10-14)11(2)9-13/h6-7,9H,4-5,8,10H2,1-3H3. The minimum atomic E-state index is 0.942. The van der Waals surface area contributed by atoms with Gasteiger partial charge in [-0.3, -0.25) is 0 Å². The Morgan fingerprint density at radius 1 is 1.33 bits per heavy atom. The highest BCUT2D eigenvalue weighted by Gasteiger charge is 2.02. The van der Waals surface area contributed by atoms with E-state index >= 15 is 0 Å². The fourth-order valence-corrected chi connectivity index (χ4v) is 2.22. The second-order valence-corrected chi connectivity index (χ2v) is 4.58. The van der Waals surface area contributed by atoms with E-state index < -0.39 is 0 Å². The molecule has 0 radical (unpaired) electrons. The molecule has 0 saturated carbocycles. The highest BCUT2D eigenvalue weighted by Crippen LogP contribution is 2.20. The topological polar surface area (TPSA) is 3.24 Å². The van der Waals surface area contributed by atoms with Crippen LogP contribution in [0.2, 0.25) is 0 Å². The molecule has 15 heavy (non-hydrogen) atoms. The second-order valence-electron chi connectivity index (χ2n) is 4.02. The van der Waals surface area contributed by atoms with Gasteiger partial charge in [0.1, 0.15) is 0 Å². The predicted octanol–water partition coefficient (Wildman–Crippen LogP) is 4.13. The summed E-state index contributed by atoms with van der Waals surface area (Å²) in [5.74, 6) is 0. The summed E-state index contributed by atoms with van der Waals surface area (Å²) in [5, 5.41) is 0.942. The van der Waals surface area contributed by atoms with Crippen LogP contribution < -0.4 is 4.90 Å². The van der Waals surface area contributed by atoms with Crippen molar-refractivity contribution >= 4 is 21.6 Å². The molecule has 0 aliphatic rings. The molecular formula is C13H20BrN. The minimum absolute atomic E-state index is 0.942. The zero-order valence-electron chi connectivity index (χ0n) is 9.89. The molecule has 0 unspecified atom stereocenters. The van der Waals surface area contributed by atoms with Crippen molar-refractivity contribution in [2.24, 2.45) is 0 Å². The van der Waals surface area contributed by atoms with E-state index in [0.717, 1.165) is 11.9 Å². The van der Waals surface area contributed by atoms with Crippen LogP contribution in [0, 0.1) is 6.92 Å². The van der Waals surface area contributed by atoms with Gasteiger partial charge >= 0.3 is 0 Å². The zero-order valence-corrected chi connectivity index (χ0v) is 11.5. The first kappa shape index (κ1) is 12.6. The average Bonchev–Trinajstić information content (AvgIpc) is 2.25. The van der Waals surface area contributed by atoms with Crippen LogP contribution in [0.3, 0.4) is 0 Å². The normalized spacial score (nSPS) is 10.4. The molecule has 2 heteroatoms. The Labute approximate surface area is 102 Å². The van der Waals surface area contributed by atoms with Crippen molar-refractivity contribution in [1.82, 2.24) is 0 Å². The summed E-state index contributed by atoms with van der Waals surface area (Å²) in [4.78, 5) is 2.33. The number of rotatable bonds is 5. The summed E-state index contributed by atoms with van der Waals surface area (Å²) in [5.41, 5.74) is 4.07. The van der Waals surface area contributed by atoms with E-state index in [0.29, 0.717) is 0 Å². The Morgan fingerprint density at radius 2 is 2.07 bits per heavy atom. The van der Waals surface area contributed by atoms with Crippen molar-refractivity contribution in [3.05, 3.63) is 29.3 Å². The lowest BCUT2D eigenvalue weighted by Gasteiger charge is -2.20. The van der Waals surface area contributed by atoms with Crippen molar-refractivity contribution < 1.29 is 0 Å². The molecule has 0 saturated heterocycles. The summed E-state index contributed by atoms with van der Waals surface area (Å²) in [7, 11) is 2.16. The molecule has 1 aromatic carbocycles. The Balaban J connectivity index is 2.73. The van der Waals surface area contributed by atoms with Gasteiger partial charge in [-0.25, -0.2) is 0 Å². The van der Waals surface area contributed by atoms with Crippen LogP contribution in [-0.2, 0) is 5.33 Å². The van der Waals surface area contributed by atoms with Gasteiger partial charge in [0.2, 0.25) is 0 Å². The van der Waals surface area contributed by atoms with E-state index in [1.807, 2.05) is 0 Å². The van der Waals surface area contributed by atoms with Crippen LogP contribution in [-0.4, -0.2) is 13.6 Å². The smallest absolute Gasteiger partial charge is 0.0366 e. The molecule has 0 aliphatic heterocycles. The summed E-state index contributed by atoms with van der Waals surface area (Å²) >= 11 is 3.50. The lowest BCUT2D eigenvalue weighted by atomic mass is 10.1. The third-order valence-electron chi connectivity index (χ3n) is 2.76. The molecular weight excluding hydrogens is 250 g/mol. The van der Waals surface area contributed by atoms with Crippen molar-refractivity contribution in [3.8, 4) is 0 Å². The first-order valence-corrected chi connectivity index (χ1v) is 6.67. The van der Waals surface area contributed by atoms with Crippen molar-refractivity contribution in [2.45, 2.75) is 32.0 Å². The summed E-state index contributed by atoms with van der Waals surface area (Å²) in [6.07, 6.45) is 2.51. The van der Waals surface area contributed by atoms with Crippen LogP contribution in [0.4, 0.5) is 5.69 Å². The quantitative estimate of drug-likeness (QED) is 0.727. The van der Waals surface area contributed by atoms with Gasteiger partial charge in [0.05, 0.1) is 0 Å². The number of hydrogen-bond acceptors (Lipinski definition) is 1. The number of nitrogens with zero attached hydrogens (tertiary/aromatic N) is 1. The van der Waals surface area contributed by atoms with Crippen LogP contribution in [0.5, 0.6) is 0 Å². The van der Waals surface area contributed by atoms with Crippen molar-refractivity contribution in [3.63, 3.8) is 0 Å². The molecule has 0 bridgehead atoms. The van der Waals surface area contributed by atoms with Gasteiger partial charge in [0, 0.05) is 24.6 Å². The summed E-state index contributed by atoms with van der Waals surface area (Å²) < 4.78 is 0. The van der Waals surface area contributed by atoms with Gasteiger partial charge in [-0.1, -0.05) is 35.3 Å². The Bertz CT molecular complexity index is 309. The van der Waals surface area contributed by atoms with Gasteiger partial charge in [0.15, 0.2) is 0 Å². The Morgan fingerprint density at radius 3 is 2.60 bits per heavy atom. The van der Waals surface area contributed by atoms with Gasteiger partial charge in [0.25, 0.3) is 0 Å². The molecule has 0 atom stereocenters. The summed E-state index contributed by atoms with van der Waals surface area (Å²) in [6.45, 7) is 5.55. The van der Waals surface area contributed by atoms with Crippen LogP contribution in [0.1, 0.15) is 30.9 Å². The van der Waals surface area contributed by atoms with Crippen molar-refractivity contribution in [1.29, 1.82) is 0 Å². The van der Waals surface area contributed by atoms with Crippen LogP contribution >= 0.6 is 15.9 Å². The largest absolute Gasteiger partial charge is 0.375 e. The second kappa shape index (κ2) is 6.16. The predicted molar refractivity (Wildman–Crippen MR) is 72.0 cm³/mol. The maximum absolute atomic E-state index is 3.50. The highest BCUT2D eigenvalue weighted by atomic mass is 79.9. The molecule has 0 amide bonds. The first-order chi connectivity index (χ1) is 7.19. The fraction of sp³-hybridized carbons (Fsp3) is 0.538. The van der Waals surface area contributed by atoms with Gasteiger partial charge in [-0.15, -0.1) is 0 Å². The van der Waals surface area contributed by atoms with E-state index in [9.17, 15) is 0 Å². The van der Waals surface area contributed by atoms with Crippen LogP contribution in [0.15, 0.2) is 18.2 Å². The van der Waals surface area contributed by atoms with Crippen LogP contribution in [0.25, 0.3) is 0 Å². The molecule has 0 spiro atoms. The molecule has 84 valence electrons.